The van der Waals surface area contributed by atoms with Gasteiger partial charge in [0.15, 0.2) is 0 Å². The van der Waals surface area contributed by atoms with E-state index >= 15 is 0 Å². The molecule has 0 radical (unpaired) electrons. The predicted octanol–water partition coefficient (Wildman–Crippen LogP) is 2.96. The average Bonchev–Trinajstić information content (AvgIpc) is 2.43. The van der Waals surface area contributed by atoms with Crippen molar-refractivity contribution in [3.63, 3.8) is 0 Å². The molecule has 0 aliphatic heterocycles. The minimum atomic E-state index is 0.335. The Balaban J connectivity index is 2.18. The monoisotopic (exact) mass is 236 g/mol. The smallest absolute Gasteiger partial charge is 0.148 e. The van der Waals surface area contributed by atoms with Crippen molar-refractivity contribution in [1.82, 2.24) is 9.78 Å². The van der Waals surface area contributed by atoms with Gasteiger partial charge in [0, 0.05) is 12.1 Å². The van der Waals surface area contributed by atoms with E-state index in [1.807, 2.05) is 11.6 Å². The van der Waals surface area contributed by atoms with Gasteiger partial charge >= 0.3 is 0 Å². The molecule has 96 valence electrons. The molecule has 1 aromatic rings. The van der Waals surface area contributed by atoms with Crippen LogP contribution in [-0.4, -0.2) is 15.8 Å². The molecule has 17 heavy (non-hydrogen) atoms. The van der Waals surface area contributed by atoms with E-state index in [0.717, 1.165) is 23.1 Å². The van der Waals surface area contributed by atoms with Gasteiger partial charge in [-0.3, -0.25) is 0 Å². The molecule has 4 nitrogen and oxygen atoms in total. The van der Waals surface area contributed by atoms with Crippen LogP contribution < -0.4 is 11.1 Å². The second kappa shape index (κ2) is 4.59. The molecule has 3 N–H and O–H groups in total. The quantitative estimate of drug-likeness (QED) is 0.845. The fraction of sp³-hybridized carbons (Fsp3) is 0.769. The Kier molecular flexibility index (Phi) is 3.31. The molecule has 1 aromatic heterocycles. The summed E-state index contributed by atoms with van der Waals surface area (Å²) >= 11 is 0. The van der Waals surface area contributed by atoms with Gasteiger partial charge in [0.05, 0.1) is 11.4 Å². The minimum Gasteiger partial charge on any atom is -0.394 e. The fourth-order valence-electron chi connectivity index (χ4n) is 2.35. The lowest BCUT2D eigenvalue weighted by Gasteiger charge is -2.32. The highest BCUT2D eigenvalue weighted by Gasteiger charge is 2.26. The number of aryl methyl sites for hydroxylation is 1. The van der Waals surface area contributed by atoms with E-state index in [2.05, 4.69) is 31.2 Å². The maximum absolute atomic E-state index is 6.10. The number of anilines is 2. The molecule has 0 saturated heterocycles. The van der Waals surface area contributed by atoms with Crippen molar-refractivity contribution in [3.05, 3.63) is 5.69 Å². The van der Waals surface area contributed by atoms with E-state index in [1.165, 1.54) is 19.3 Å². The van der Waals surface area contributed by atoms with Crippen LogP contribution in [0.15, 0.2) is 0 Å². The number of aromatic nitrogens is 2. The van der Waals surface area contributed by atoms with Gasteiger partial charge in [-0.05, 0) is 46.5 Å². The Morgan fingerprint density at radius 1 is 1.35 bits per heavy atom. The Morgan fingerprint density at radius 3 is 2.47 bits per heavy atom. The number of hydrogen-bond acceptors (Lipinski definition) is 3. The van der Waals surface area contributed by atoms with Crippen molar-refractivity contribution < 1.29 is 0 Å². The number of rotatable bonds is 4. The summed E-state index contributed by atoms with van der Waals surface area (Å²) in [4.78, 5) is 0. The van der Waals surface area contributed by atoms with E-state index in [1.54, 1.807) is 0 Å². The molecule has 1 unspecified atom stereocenters. The van der Waals surface area contributed by atoms with E-state index < -0.39 is 0 Å². The third-order valence-corrected chi connectivity index (χ3v) is 3.84. The van der Waals surface area contributed by atoms with Gasteiger partial charge in [0.25, 0.3) is 0 Å². The van der Waals surface area contributed by atoms with Crippen molar-refractivity contribution in [3.8, 4) is 0 Å². The van der Waals surface area contributed by atoms with Gasteiger partial charge in [-0.25, -0.2) is 4.68 Å². The van der Waals surface area contributed by atoms with Gasteiger partial charge in [0.1, 0.15) is 5.82 Å². The molecule has 1 aliphatic rings. The maximum atomic E-state index is 6.10. The topological polar surface area (TPSA) is 55.9 Å². The van der Waals surface area contributed by atoms with Crippen molar-refractivity contribution >= 4 is 11.5 Å². The second-order valence-electron chi connectivity index (χ2n) is 5.51. The SMILES string of the molecule is Cc1nn(C(C)C)c(NC(C)C2CCC2)c1N. The zero-order valence-corrected chi connectivity index (χ0v) is 11.3. The molecule has 1 atom stereocenters. The molecule has 1 saturated carbocycles. The summed E-state index contributed by atoms with van der Waals surface area (Å²) in [5.41, 5.74) is 7.82. The molecule has 1 heterocycles. The van der Waals surface area contributed by atoms with Gasteiger partial charge < -0.3 is 11.1 Å². The fourth-order valence-corrected chi connectivity index (χ4v) is 2.35. The number of nitrogen functional groups attached to an aromatic ring is 1. The standard InChI is InChI=1S/C13H24N4/c1-8(2)17-13(12(14)10(4)16-17)15-9(3)11-6-5-7-11/h8-9,11,15H,5-7,14H2,1-4H3. The zero-order chi connectivity index (χ0) is 12.6. The summed E-state index contributed by atoms with van der Waals surface area (Å²) in [6.07, 6.45) is 4.04. The average molecular weight is 236 g/mol. The first kappa shape index (κ1) is 12.3. The molecule has 2 rings (SSSR count). The molecular weight excluding hydrogens is 212 g/mol. The first-order valence-corrected chi connectivity index (χ1v) is 6.61. The molecule has 0 bridgehead atoms. The Bertz CT molecular complexity index is 390. The molecule has 0 amide bonds. The van der Waals surface area contributed by atoms with Crippen molar-refractivity contribution in [2.45, 2.75) is 59.0 Å². The molecule has 4 heteroatoms. The van der Waals surface area contributed by atoms with Gasteiger partial charge in [0.2, 0.25) is 0 Å². The van der Waals surface area contributed by atoms with E-state index in [-0.39, 0.29) is 0 Å². The Labute approximate surface area is 104 Å². The summed E-state index contributed by atoms with van der Waals surface area (Å²) in [7, 11) is 0. The molecule has 0 aromatic carbocycles. The van der Waals surface area contributed by atoms with Gasteiger partial charge in [-0.2, -0.15) is 5.10 Å². The van der Waals surface area contributed by atoms with Crippen LogP contribution in [-0.2, 0) is 0 Å². The highest BCUT2D eigenvalue weighted by Crippen LogP contribution is 2.33. The minimum absolute atomic E-state index is 0.335. The summed E-state index contributed by atoms with van der Waals surface area (Å²) < 4.78 is 2.00. The predicted molar refractivity (Wildman–Crippen MR) is 72.2 cm³/mol. The summed E-state index contributed by atoms with van der Waals surface area (Å²) in [6.45, 7) is 8.47. The van der Waals surface area contributed by atoms with Crippen molar-refractivity contribution in [1.29, 1.82) is 0 Å². The first-order valence-electron chi connectivity index (χ1n) is 6.61. The van der Waals surface area contributed by atoms with Crippen LogP contribution >= 0.6 is 0 Å². The highest BCUT2D eigenvalue weighted by molar-refractivity contribution is 5.65. The summed E-state index contributed by atoms with van der Waals surface area (Å²) in [6, 6.07) is 0.821. The van der Waals surface area contributed by atoms with Gasteiger partial charge in [-0.15, -0.1) is 0 Å². The number of hydrogen-bond donors (Lipinski definition) is 2. The largest absolute Gasteiger partial charge is 0.394 e. The molecule has 1 fully saturated rings. The summed E-state index contributed by atoms with van der Waals surface area (Å²) in [5, 5.41) is 8.05. The Hall–Kier alpha value is -1.19. The van der Waals surface area contributed by atoms with E-state index in [9.17, 15) is 0 Å². The van der Waals surface area contributed by atoms with Crippen LogP contribution in [0.25, 0.3) is 0 Å². The maximum Gasteiger partial charge on any atom is 0.148 e. The van der Waals surface area contributed by atoms with Crippen LogP contribution in [0.2, 0.25) is 0 Å². The number of nitrogens with zero attached hydrogens (tertiary/aromatic N) is 2. The van der Waals surface area contributed by atoms with E-state index in [0.29, 0.717) is 12.1 Å². The van der Waals surface area contributed by atoms with Crippen LogP contribution in [0.5, 0.6) is 0 Å². The summed E-state index contributed by atoms with van der Waals surface area (Å²) in [5.74, 6) is 1.79. The molecule has 1 aliphatic carbocycles. The van der Waals surface area contributed by atoms with Crippen LogP contribution in [0.4, 0.5) is 11.5 Å². The normalized spacial score (nSPS) is 18.2. The third kappa shape index (κ3) is 2.26. The van der Waals surface area contributed by atoms with Crippen LogP contribution in [0.1, 0.15) is 51.8 Å². The first-order chi connectivity index (χ1) is 8.00. The second-order valence-corrected chi connectivity index (χ2v) is 5.51. The van der Waals surface area contributed by atoms with E-state index in [4.69, 9.17) is 5.73 Å². The molecular formula is C13H24N4. The number of nitrogens with one attached hydrogen (secondary N) is 1. The highest BCUT2D eigenvalue weighted by atomic mass is 15.4. The van der Waals surface area contributed by atoms with Crippen molar-refractivity contribution in [2.75, 3.05) is 11.1 Å². The molecule has 0 spiro atoms. The lowest BCUT2D eigenvalue weighted by Crippen LogP contribution is -2.32. The van der Waals surface area contributed by atoms with Crippen molar-refractivity contribution in [2.24, 2.45) is 5.92 Å². The lowest BCUT2D eigenvalue weighted by atomic mass is 9.80. The van der Waals surface area contributed by atoms with Crippen LogP contribution in [0.3, 0.4) is 0 Å². The van der Waals surface area contributed by atoms with Crippen LogP contribution in [0, 0.1) is 12.8 Å². The zero-order valence-electron chi connectivity index (χ0n) is 11.3. The lowest BCUT2D eigenvalue weighted by molar-refractivity contribution is 0.284. The number of nitrogens with two attached hydrogens (primary N) is 1. The Morgan fingerprint density at radius 2 is 2.00 bits per heavy atom. The third-order valence-electron chi connectivity index (χ3n) is 3.84. The van der Waals surface area contributed by atoms with Gasteiger partial charge in [-0.1, -0.05) is 6.42 Å².